The van der Waals surface area contributed by atoms with E-state index in [9.17, 15) is 14.4 Å². The van der Waals surface area contributed by atoms with Crippen LogP contribution in [0.15, 0.2) is 0 Å². The van der Waals surface area contributed by atoms with E-state index in [0.717, 1.165) is 63.7 Å². The highest BCUT2D eigenvalue weighted by Gasteiger charge is 2.19. The highest BCUT2D eigenvalue weighted by Crippen LogP contribution is 2.17. The molecule has 0 aromatic rings. The molecule has 53 heavy (non-hydrogen) atoms. The Kier molecular flexibility index (Phi) is 40.3. The SMILES string of the molecule is CCCCCCCCCCCCCCC(=O)OC[C@H](COC(=O)CCCCCCCCCCCCC(C)CC)OC(=O)CCCCCCCCCCC. The molecule has 0 aromatic carbocycles. The van der Waals surface area contributed by atoms with Gasteiger partial charge in [-0.2, -0.15) is 0 Å². The van der Waals surface area contributed by atoms with Gasteiger partial charge in [0.15, 0.2) is 6.10 Å². The van der Waals surface area contributed by atoms with Gasteiger partial charge in [-0.05, 0) is 25.2 Å². The number of rotatable bonds is 42. The van der Waals surface area contributed by atoms with E-state index in [1.54, 1.807) is 0 Å². The molecule has 0 heterocycles. The fourth-order valence-electron chi connectivity index (χ4n) is 6.95. The van der Waals surface area contributed by atoms with Gasteiger partial charge < -0.3 is 14.2 Å². The Hall–Kier alpha value is -1.59. The predicted octanol–water partition coefficient (Wildman–Crippen LogP) is 14.7. The Morgan fingerprint density at radius 3 is 0.981 bits per heavy atom. The van der Waals surface area contributed by atoms with Crippen molar-refractivity contribution in [2.45, 2.75) is 265 Å². The number of carbonyl (C=O) groups excluding carboxylic acids is 3. The summed E-state index contributed by atoms with van der Waals surface area (Å²) >= 11 is 0. The molecule has 0 N–H and O–H groups in total. The van der Waals surface area contributed by atoms with E-state index in [-0.39, 0.29) is 31.1 Å². The number of carbonyl (C=O) groups is 3. The lowest BCUT2D eigenvalue weighted by Crippen LogP contribution is -2.30. The number of unbranched alkanes of at least 4 members (excludes halogenated alkanes) is 28. The van der Waals surface area contributed by atoms with E-state index in [2.05, 4.69) is 27.7 Å². The fraction of sp³-hybridized carbons (Fsp3) is 0.936. The van der Waals surface area contributed by atoms with Crippen LogP contribution in [0.3, 0.4) is 0 Å². The molecule has 0 aliphatic rings. The quantitative estimate of drug-likeness (QED) is 0.0351. The lowest BCUT2D eigenvalue weighted by molar-refractivity contribution is -0.167. The van der Waals surface area contributed by atoms with Crippen LogP contribution in [0, 0.1) is 5.92 Å². The van der Waals surface area contributed by atoms with Crippen LogP contribution < -0.4 is 0 Å². The molecular formula is C47H90O6. The lowest BCUT2D eigenvalue weighted by atomic mass is 9.99. The number of hydrogen-bond donors (Lipinski definition) is 0. The zero-order valence-electron chi connectivity index (χ0n) is 36.0. The Morgan fingerprint density at radius 1 is 0.377 bits per heavy atom. The minimum absolute atomic E-state index is 0.0638. The zero-order valence-corrected chi connectivity index (χ0v) is 36.0. The van der Waals surface area contributed by atoms with Crippen molar-refractivity contribution in [3.63, 3.8) is 0 Å². The molecule has 2 atom stereocenters. The van der Waals surface area contributed by atoms with E-state index in [1.165, 1.54) is 154 Å². The van der Waals surface area contributed by atoms with Gasteiger partial charge >= 0.3 is 17.9 Å². The molecule has 0 bridgehead atoms. The zero-order chi connectivity index (χ0) is 38.9. The molecular weight excluding hydrogens is 661 g/mol. The molecule has 1 unspecified atom stereocenters. The second-order valence-electron chi connectivity index (χ2n) is 16.3. The van der Waals surface area contributed by atoms with Crippen LogP contribution in [0.1, 0.15) is 259 Å². The smallest absolute Gasteiger partial charge is 0.306 e. The Balaban J connectivity index is 4.29. The molecule has 6 nitrogen and oxygen atoms in total. The van der Waals surface area contributed by atoms with E-state index in [1.807, 2.05) is 0 Å². The maximum Gasteiger partial charge on any atom is 0.306 e. The van der Waals surface area contributed by atoms with Crippen molar-refractivity contribution < 1.29 is 28.6 Å². The summed E-state index contributed by atoms with van der Waals surface area (Å²) in [6.45, 7) is 9.00. The third-order valence-electron chi connectivity index (χ3n) is 10.9. The van der Waals surface area contributed by atoms with E-state index in [0.29, 0.717) is 19.3 Å². The van der Waals surface area contributed by atoms with Crippen molar-refractivity contribution in [3.8, 4) is 0 Å². The first-order valence-corrected chi connectivity index (χ1v) is 23.4. The maximum absolute atomic E-state index is 12.7. The Labute approximate surface area is 329 Å². The van der Waals surface area contributed by atoms with Crippen LogP contribution in [0.25, 0.3) is 0 Å². The molecule has 0 aromatic heterocycles. The van der Waals surface area contributed by atoms with Crippen LogP contribution in [0.5, 0.6) is 0 Å². The summed E-state index contributed by atoms with van der Waals surface area (Å²) < 4.78 is 16.7. The molecule has 0 fully saturated rings. The second kappa shape index (κ2) is 41.6. The molecule has 6 heteroatoms. The number of esters is 3. The monoisotopic (exact) mass is 751 g/mol. The summed E-state index contributed by atoms with van der Waals surface area (Å²) in [6.07, 6.45) is 40.8. The van der Waals surface area contributed by atoms with Crippen molar-refractivity contribution >= 4 is 17.9 Å². The van der Waals surface area contributed by atoms with Crippen LogP contribution in [-0.2, 0) is 28.6 Å². The predicted molar refractivity (Wildman–Crippen MR) is 224 cm³/mol. The third kappa shape index (κ3) is 39.9. The van der Waals surface area contributed by atoms with Crippen molar-refractivity contribution in [3.05, 3.63) is 0 Å². The molecule has 0 aliphatic heterocycles. The molecule has 0 saturated heterocycles. The van der Waals surface area contributed by atoms with Crippen LogP contribution >= 0.6 is 0 Å². The first-order valence-electron chi connectivity index (χ1n) is 23.4. The summed E-state index contributed by atoms with van der Waals surface area (Å²) in [7, 11) is 0. The molecule has 314 valence electrons. The van der Waals surface area contributed by atoms with Gasteiger partial charge in [-0.1, -0.05) is 220 Å². The second-order valence-corrected chi connectivity index (χ2v) is 16.3. The van der Waals surface area contributed by atoms with E-state index >= 15 is 0 Å². The van der Waals surface area contributed by atoms with Gasteiger partial charge in [-0.15, -0.1) is 0 Å². The molecule has 0 amide bonds. The molecule has 0 rings (SSSR count). The summed E-state index contributed by atoms with van der Waals surface area (Å²) in [4.78, 5) is 37.7. The van der Waals surface area contributed by atoms with Gasteiger partial charge in [0.1, 0.15) is 13.2 Å². The average Bonchev–Trinajstić information content (AvgIpc) is 3.15. The highest BCUT2D eigenvalue weighted by molar-refractivity contribution is 5.71. The Morgan fingerprint density at radius 2 is 0.660 bits per heavy atom. The first-order chi connectivity index (χ1) is 25.9. The summed E-state index contributed by atoms with van der Waals surface area (Å²) in [6, 6.07) is 0. The minimum atomic E-state index is -0.758. The van der Waals surface area contributed by atoms with Gasteiger partial charge in [0, 0.05) is 19.3 Å². The first kappa shape index (κ1) is 51.4. The van der Waals surface area contributed by atoms with Gasteiger partial charge in [0.05, 0.1) is 0 Å². The lowest BCUT2D eigenvalue weighted by Gasteiger charge is -2.18. The fourth-order valence-corrected chi connectivity index (χ4v) is 6.95. The summed E-state index contributed by atoms with van der Waals surface area (Å²) in [5, 5.41) is 0. The highest BCUT2D eigenvalue weighted by atomic mass is 16.6. The largest absolute Gasteiger partial charge is 0.462 e. The van der Waals surface area contributed by atoms with Crippen LogP contribution in [0.2, 0.25) is 0 Å². The van der Waals surface area contributed by atoms with Gasteiger partial charge in [-0.25, -0.2) is 0 Å². The van der Waals surface area contributed by atoms with Crippen molar-refractivity contribution in [2.75, 3.05) is 13.2 Å². The van der Waals surface area contributed by atoms with Gasteiger partial charge in [-0.3, -0.25) is 14.4 Å². The number of ether oxygens (including phenoxy) is 3. The Bertz CT molecular complexity index is 798. The van der Waals surface area contributed by atoms with Crippen LogP contribution in [0.4, 0.5) is 0 Å². The van der Waals surface area contributed by atoms with Crippen molar-refractivity contribution in [1.29, 1.82) is 0 Å². The third-order valence-corrected chi connectivity index (χ3v) is 10.9. The van der Waals surface area contributed by atoms with Gasteiger partial charge in [0.2, 0.25) is 0 Å². The molecule has 0 spiro atoms. The standard InChI is InChI=1S/C47H90O6/c1-5-8-10-12-14-16-17-18-23-26-30-34-38-45(48)51-41-44(53-47(50)40-36-32-28-21-15-13-11-9-6-2)42-52-46(49)39-35-31-27-24-20-19-22-25-29-33-37-43(4)7-3/h43-44H,5-42H2,1-4H3/t43?,44-/m1/s1. The van der Waals surface area contributed by atoms with E-state index < -0.39 is 6.10 Å². The van der Waals surface area contributed by atoms with Crippen molar-refractivity contribution in [2.24, 2.45) is 5.92 Å². The molecule has 0 aliphatic carbocycles. The summed E-state index contributed by atoms with van der Waals surface area (Å²) in [5.74, 6) is 0.0149. The van der Waals surface area contributed by atoms with Gasteiger partial charge in [0.25, 0.3) is 0 Å². The maximum atomic E-state index is 12.7. The minimum Gasteiger partial charge on any atom is -0.462 e. The summed E-state index contributed by atoms with van der Waals surface area (Å²) in [5.41, 5.74) is 0. The van der Waals surface area contributed by atoms with E-state index in [4.69, 9.17) is 14.2 Å². The average molecular weight is 751 g/mol. The number of hydrogen-bond acceptors (Lipinski definition) is 6. The van der Waals surface area contributed by atoms with Crippen LogP contribution in [-0.4, -0.2) is 37.2 Å². The molecule has 0 saturated carbocycles. The molecule has 0 radical (unpaired) electrons. The van der Waals surface area contributed by atoms with Crippen molar-refractivity contribution in [1.82, 2.24) is 0 Å². The topological polar surface area (TPSA) is 78.9 Å². The normalized spacial score (nSPS) is 12.5.